The molecule has 0 saturated carbocycles. The molecule has 166 valence electrons. The molecule has 2 aromatic rings. The average Bonchev–Trinajstić information content (AvgIpc) is 3.02. The van der Waals surface area contributed by atoms with Crippen LogP contribution in [0.25, 0.3) is 0 Å². The van der Waals surface area contributed by atoms with Crippen molar-refractivity contribution in [1.82, 2.24) is 20.3 Å². The first-order chi connectivity index (χ1) is 14.8. The van der Waals surface area contributed by atoms with Crippen molar-refractivity contribution in [3.8, 4) is 0 Å². The van der Waals surface area contributed by atoms with E-state index in [4.69, 9.17) is 4.74 Å². The van der Waals surface area contributed by atoms with Gasteiger partial charge in [0.2, 0.25) is 5.91 Å². The minimum atomic E-state index is -0.989. The number of hydrogen-bond acceptors (Lipinski definition) is 8. The number of anilines is 1. The largest absolute Gasteiger partial charge is 0.474 e. The van der Waals surface area contributed by atoms with E-state index < -0.39 is 22.4 Å². The summed E-state index contributed by atoms with van der Waals surface area (Å²) in [5, 5.41) is 12.3. The lowest BCUT2D eigenvalue weighted by molar-refractivity contribution is -0.142. The highest BCUT2D eigenvalue weighted by molar-refractivity contribution is 7.30. The Kier molecular flexibility index (Phi) is 7.00. The third-order valence-electron chi connectivity index (χ3n) is 4.55. The number of carbonyl (C=O) groups excluding carboxylic acids is 2. The molecule has 1 unspecified atom stereocenters. The van der Waals surface area contributed by atoms with Gasteiger partial charge in [0.05, 0.1) is 31.0 Å². The van der Waals surface area contributed by atoms with E-state index in [0.717, 1.165) is 0 Å². The average molecular weight is 450 g/mol. The summed E-state index contributed by atoms with van der Waals surface area (Å²) in [6.07, 6.45) is -0.0637. The van der Waals surface area contributed by atoms with Gasteiger partial charge in [0.1, 0.15) is 11.6 Å². The standard InChI is InChI=1S/C19H24N6O5S/c1-4-30-15(27)9-12-8-13(25-7-6-20-14(26)10-25)23-18(22-12)24-19-21-11(3)16(17(28)29)31(19)5-2/h8H,4-7,9-10H2,1-3H3,(H2-,20,21,22,23,24,26,28,29)/p+1. The number of aryl methyl sites for hydroxylation is 1. The van der Waals surface area contributed by atoms with Gasteiger partial charge in [0.15, 0.2) is 0 Å². The molecule has 1 amide bonds. The fourth-order valence-corrected chi connectivity index (χ4v) is 5.10. The Morgan fingerprint density at radius 3 is 2.77 bits per heavy atom. The van der Waals surface area contributed by atoms with E-state index in [1.165, 1.54) is 0 Å². The van der Waals surface area contributed by atoms with Crippen molar-refractivity contribution in [2.24, 2.45) is 4.99 Å². The molecule has 0 aromatic carbocycles. The van der Waals surface area contributed by atoms with Crippen LogP contribution in [-0.2, 0) is 26.5 Å². The van der Waals surface area contributed by atoms with Crippen LogP contribution in [0.2, 0.25) is 0 Å². The van der Waals surface area contributed by atoms with Gasteiger partial charge in [-0.1, -0.05) is 0 Å². The van der Waals surface area contributed by atoms with Gasteiger partial charge >= 0.3 is 16.7 Å². The number of carboxylic acid groups (broad SMARTS) is 1. The molecule has 0 aliphatic carbocycles. The lowest BCUT2D eigenvalue weighted by atomic mass is 10.2. The molecule has 0 spiro atoms. The smallest absolute Gasteiger partial charge is 0.391 e. The number of hydrogen-bond donors (Lipinski definition) is 3. The van der Waals surface area contributed by atoms with E-state index in [-0.39, 0.29) is 36.3 Å². The van der Waals surface area contributed by atoms with Gasteiger partial charge in [-0.25, -0.2) is 9.78 Å². The number of aromatic carboxylic acids is 1. The number of ether oxygens (including phenoxy) is 1. The van der Waals surface area contributed by atoms with Gasteiger partial charge in [-0.2, -0.15) is 4.98 Å². The zero-order chi connectivity index (χ0) is 22.5. The molecule has 1 aliphatic heterocycles. The van der Waals surface area contributed by atoms with Crippen LogP contribution < -0.4 is 15.0 Å². The molecular formula is C19H25N6O5S+. The van der Waals surface area contributed by atoms with Crippen molar-refractivity contribution < 1.29 is 24.2 Å². The number of nitrogens with zero attached hydrogens (tertiary/aromatic N) is 4. The number of carboxylic acids is 1. The fraction of sp³-hybridized carbons (Fsp3) is 0.474. The number of nitrogens with one attached hydrogen (secondary N) is 2. The summed E-state index contributed by atoms with van der Waals surface area (Å²) in [7, 11) is -0.738. The van der Waals surface area contributed by atoms with Gasteiger partial charge in [-0.15, -0.1) is 4.99 Å². The second-order valence-corrected chi connectivity index (χ2v) is 8.91. The highest BCUT2D eigenvalue weighted by Crippen LogP contribution is 2.24. The Hall–Kier alpha value is -3.28. The molecule has 11 nitrogen and oxygen atoms in total. The van der Waals surface area contributed by atoms with E-state index >= 15 is 0 Å². The van der Waals surface area contributed by atoms with Gasteiger partial charge in [-0.3, -0.25) is 14.6 Å². The summed E-state index contributed by atoms with van der Waals surface area (Å²) in [5.41, 5.74) is 0.943. The van der Waals surface area contributed by atoms with Crippen molar-refractivity contribution in [3.05, 3.63) is 27.1 Å². The van der Waals surface area contributed by atoms with Crippen LogP contribution in [0.3, 0.4) is 0 Å². The van der Waals surface area contributed by atoms with Crippen molar-refractivity contribution in [1.29, 1.82) is 0 Å². The number of piperazine rings is 1. The van der Waals surface area contributed by atoms with Crippen molar-refractivity contribution >= 4 is 40.1 Å². The summed E-state index contributed by atoms with van der Waals surface area (Å²) in [6.45, 7) is 6.72. The Labute approximate surface area is 181 Å². The summed E-state index contributed by atoms with van der Waals surface area (Å²) in [4.78, 5) is 54.3. The number of carbonyl (C=O) groups is 3. The minimum absolute atomic E-state index is 0.0637. The summed E-state index contributed by atoms with van der Waals surface area (Å²) in [5.74, 6) is -0.415. The Bertz CT molecular complexity index is 1080. The lowest BCUT2D eigenvalue weighted by Crippen LogP contribution is -2.48. The zero-order valence-electron chi connectivity index (χ0n) is 17.6. The van der Waals surface area contributed by atoms with Gasteiger partial charge in [0, 0.05) is 29.6 Å². The maximum absolute atomic E-state index is 12.0. The molecule has 1 atom stereocenters. The molecular weight excluding hydrogens is 424 g/mol. The first-order valence-electron chi connectivity index (χ1n) is 9.88. The normalized spacial score (nSPS) is 15.1. The summed E-state index contributed by atoms with van der Waals surface area (Å²) in [6, 6.07) is 1.65. The summed E-state index contributed by atoms with van der Waals surface area (Å²) >= 11 is 0. The van der Waals surface area contributed by atoms with Crippen LogP contribution in [0, 0.1) is 6.92 Å². The molecule has 3 heterocycles. The monoisotopic (exact) mass is 449 g/mol. The van der Waals surface area contributed by atoms with Crippen LogP contribution in [0.15, 0.2) is 11.1 Å². The van der Waals surface area contributed by atoms with E-state index in [9.17, 15) is 19.5 Å². The fourth-order valence-electron chi connectivity index (χ4n) is 3.25. The maximum atomic E-state index is 12.0. The maximum Gasteiger partial charge on any atom is 0.391 e. The molecule has 1 aliphatic rings. The second-order valence-electron chi connectivity index (χ2n) is 6.75. The van der Waals surface area contributed by atoms with Crippen molar-refractivity contribution in [2.45, 2.75) is 32.9 Å². The quantitative estimate of drug-likeness (QED) is 0.416. The number of aromatic nitrogens is 3. The lowest BCUT2D eigenvalue weighted by Gasteiger charge is -2.27. The van der Waals surface area contributed by atoms with E-state index in [2.05, 4.69) is 25.3 Å². The van der Waals surface area contributed by atoms with E-state index in [0.29, 0.717) is 40.8 Å². The highest BCUT2D eigenvalue weighted by atomic mass is 32.2. The van der Waals surface area contributed by atoms with Crippen molar-refractivity contribution in [3.63, 3.8) is 0 Å². The third-order valence-corrected chi connectivity index (χ3v) is 6.76. The SMILES string of the molecule is CCOC(=O)Cc1cc(N2CCNC(=O)C2)nc(N=c2[nH]c(C)c(C(=O)O)[s+]2CC)n1. The van der Waals surface area contributed by atoms with Crippen LogP contribution in [-0.4, -0.2) is 64.1 Å². The number of amides is 1. The van der Waals surface area contributed by atoms with Crippen LogP contribution in [0.4, 0.5) is 11.8 Å². The molecule has 0 bridgehead atoms. The number of aromatic amines is 1. The first-order valence-corrected chi connectivity index (χ1v) is 11.3. The minimum Gasteiger partial charge on any atom is -0.474 e. The Morgan fingerprint density at radius 1 is 1.35 bits per heavy atom. The van der Waals surface area contributed by atoms with Crippen molar-refractivity contribution in [2.75, 3.05) is 31.1 Å². The number of esters is 1. The second kappa shape index (κ2) is 9.69. The topological polar surface area (TPSA) is 150 Å². The molecule has 2 aromatic heterocycles. The van der Waals surface area contributed by atoms with Gasteiger partial charge in [-0.05, 0) is 20.8 Å². The number of H-pyrrole nitrogens is 1. The molecule has 31 heavy (non-hydrogen) atoms. The third kappa shape index (κ3) is 5.26. The van der Waals surface area contributed by atoms with Crippen LogP contribution in [0.1, 0.15) is 34.9 Å². The Morgan fingerprint density at radius 2 is 2.13 bits per heavy atom. The molecule has 3 rings (SSSR count). The predicted molar refractivity (Wildman–Crippen MR) is 113 cm³/mol. The molecule has 12 heteroatoms. The van der Waals surface area contributed by atoms with Crippen LogP contribution in [0.5, 0.6) is 0 Å². The molecule has 3 N–H and O–H groups in total. The van der Waals surface area contributed by atoms with Gasteiger partial charge < -0.3 is 20.1 Å². The molecule has 0 radical (unpaired) electrons. The van der Waals surface area contributed by atoms with E-state index in [1.807, 2.05) is 6.92 Å². The molecule has 1 saturated heterocycles. The highest BCUT2D eigenvalue weighted by Gasteiger charge is 2.27. The first kappa shape index (κ1) is 22.4. The summed E-state index contributed by atoms with van der Waals surface area (Å²) < 4.78 is 5.01. The predicted octanol–water partition coefficient (Wildman–Crippen LogP) is 0.855. The molecule has 1 fully saturated rings. The van der Waals surface area contributed by atoms with E-state index in [1.54, 1.807) is 24.8 Å². The van der Waals surface area contributed by atoms with Crippen LogP contribution >= 0.6 is 10.5 Å². The number of rotatable bonds is 7. The number of thiazole rings is 1. The Balaban J connectivity index is 2.08. The zero-order valence-corrected chi connectivity index (χ0v) is 18.4. The van der Waals surface area contributed by atoms with Gasteiger partial charge in [0.25, 0.3) is 10.8 Å².